The zero-order chi connectivity index (χ0) is 9.68. The molecular weight excluding hydrogens is 193 g/mol. The molecule has 1 aliphatic rings. The van der Waals surface area contributed by atoms with Crippen LogP contribution >= 0.6 is 0 Å². The van der Waals surface area contributed by atoms with E-state index in [1.807, 2.05) is 6.92 Å². The predicted octanol–water partition coefficient (Wildman–Crippen LogP) is -0.980. The normalized spacial score (nSPS) is 18.8. The second-order valence-corrected chi connectivity index (χ2v) is 3.38. The van der Waals surface area contributed by atoms with E-state index in [9.17, 15) is 10.4 Å². The summed E-state index contributed by atoms with van der Waals surface area (Å²) in [6.45, 7) is 2.42. The molecule has 1 saturated carbocycles. The second kappa shape index (κ2) is 7.31. The average molecular weight is 209 g/mol. The first-order valence-corrected chi connectivity index (χ1v) is 4.86. The Bertz CT molecular complexity index is 183. The van der Waals surface area contributed by atoms with Crippen molar-refractivity contribution < 1.29 is 34.5 Å². The Morgan fingerprint density at radius 3 is 2.36 bits per heavy atom. The van der Waals surface area contributed by atoms with Gasteiger partial charge in [0, 0.05) is 4.97 Å². The van der Waals surface area contributed by atoms with Crippen molar-refractivity contribution in [1.82, 2.24) is 5.01 Å². The van der Waals surface area contributed by atoms with Crippen molar-refractivity contribution in [1.29, 1.82) is 0 Å². The molecule has 0 aromatic heterocycles. The van der Waals surface area contributed by atoms with Gasteiger partial charge < -0.3 is 10.4 Å². The molecule has 0 aliphatic heterocycles. The summed E-state index contributed by atoms with van der Waals surface area (Å²) in [4.78, 5) is 0.190. The van der Waals surface area contributed by atoms with Crippen LogP contribution in [-0.2, 0) is 0 Å². The molecule has 0 unspecified atom stereocenters. The molecular formula is C8H16N3NaO2. The van der Waals surface area contributed by atoms with E-state index < -0.39 is 0 Å². The van der Waals surface area contributed by atoms with Crippen LogP contribution in [0, 0.1) is 10.4 Å². The largest absolute Gasteiger partial charge is 1.00 e. The van der Waals surface area contributed by atoms with Crippen molar-refractivity contribution in [2.45, 2.75) is 45.1 Å². The van der Waals surface area contributed by atoms with Gasteiger partial charge >= 0.3 is 29.6 Å². The zero-order valence-electron chi connectivity index (χ0n) is 8.98. The van der Waals surface area contributed by atoms with Gasteiger partial charge in [0.2, 0.25) is 0 Å². The Balaban J connectivity index is 0.00000169. The molecule has 0 amide bonds. The van der Waals surface area contributed by atoms with Crippen LogP contribution in [0.1, 0.15) is 39.0 Å². The summed E-state index contributed by atoms with van der Waals surface area (Å²) < 4.78 is 0. The molecule has 0 saturated heterocycles. The molecule has 5 nitrogen and oxygen atoms in total. The fraction of sp³-hybridized carbons (Fsp3) is 1.00. The summed E-state index contributed by atoms with van der Waals surface area (Å²) in [6, 6.07) is 0.217. The van der Waals surface area contributed by atoms with E-state index in [1.165, 1.54) is 11.4 Å². The molecule has 0 N–H and O–H groups in total. The number of hydrogen-bond donors (Lipinski definition) is 0. The summed E-state index contributed by atoms with van der Waals surface area (Å²) in [7, 11) is 0. The van der Waals surface area contributed by atoms with Gasteiger partial charge in [-0.2, -0.15) is 0 Å². The molecule has 76 valence electrons. The molecule has 0 aromatic carbocycles. The van der Waals surface area contributed by atoms with Crippen molar-refractivity contribution in [2.75, 3.05) is 6.54 Å². The van der Waals surface area contributed by atoms with Crippen LogP contribution in [0.4, 0.5) is 0 Å². The van der Waals surface area contributed by atoms with Crippen molar-refractivity contribution in [2.24, 2.45) is 5.28 Å². The topological polar surface area (TPSA) is 64.7 Å². The van der Waals surface area contributed by atoms with Crippen LogP contribution in [0.25, 0.3) is 0 Å². The van der Waals surface area contributed by atoms with E-state index in [4.69, 9.17) is 0 Å². The van der Waals surface area contributed by atoms with Crippen molar-refractivity contribution in [3.63, 3.8) is 0 Å². The molecule has 1 aliphatic carbocycles. The smallest absolute Gasteiger partial charge is 0.737 e. The Kier molecular flexibility index (Phi) is 7.31. The number of hydrazine groups is 1. The van der Waals surface area contributed by atoms with Gasteiger partial charge in [-0.25, -0.2) is 0 Å². The summed E-state index contributed by atoms with van der Waals surface area (Å²) in [5.41, 5.74) is 0. The monoisotopic (exact) mass is 209 g/mol. The first-order chi connectivity index (χ1) is 6.29. The number of nitrogens with zero attached hydrogens (tertiary/aromatic N) is 3. The minimum Gasteiger partial charge on any atom is -0.737 e. The molecule has 0 atom stereocenters. The van der Waals surface area contributed by atoms with E-state index in [-0.39, 0.29) is 40.6 Å². The van der Waals surface area contributed by atoms with E-state index in [1.54, 1.807) is 0 Å². The predicted molar refractivity (Wildman–Crippen MR) is 48.7 cm³/mol. The van der Waals surface area contributed by atoms with Gasteiger partial charge in [0.05, 0.1) is 12.6 Å². The Hall–Kier alpha value is 0. The third kappa shape index (κ3) is 3.63. The molecule has 1 fully saturated rings. The quantitative estimate of drug-likeness (QED) is 0.260. The Morgan fingerprint density at radius 1 is 1.36 bits per heavy atom. The van der Waals surface area contributed by atoms with Gasteiger partial charge in [-0.15, -0.1) is 5.01 Å². The van der Waals surface area contributed by atoms with E-state index >= 15 is 0 Å². The Labute approximate surface area is 107 Å². The van der Waals surface area contributed by atoms with E-state index in [0.717, 1.165) is 25.7 Å². The summed E-state index contributed by atoms with van der Waals surface area (Å²) in [5.74, 6) is 0. The fourth-order valence-corrected chi connectivity index (χ4v) is 1.94. The number of rotatable bonds is 3. The molecule has 0 bridgehead atoms. The molecule has 14 heavy (non-hydrogen) atoms. The van der Waals surface area contributed by atoms with Crippen molar-refractivity contribution in [3.8, 4) is 0 Å². The fourth-order valence-electron chi connectivity index (χ4n) is 1.94. The van der Waals surface area contributed by atoms with Gasteiger partial charge in [-0.05, 0) is 25.0 Å². The molecule has 1 rings (SSSR count). The first-order valence-electron chi connectivity index (χ1n) is 4.86. The third-order valence-corrected chi connectivity index (χ3v) is 2.61. The summed E-state index contributed by atoms with van der Waals surface area (Å²) in [5, 5.41) is 25.0. The molecule has 6 heteroatoms. The van der Waals surface area contributed by atoms with Crippen molar-refractivity contribution >= 4 is 0 Å². The maximum Gasteiger partial charge on any atom is 1.00 e. The van der Waals surface area contributed by atoms with Crippen LogP contribution in [0.3, 0.4) is 0 Å². The second-order valence-electron chi connectivity index (χ2n) is 3.38. The summed E-state index contributed by atoms with van der Waals surface area (Å²) >= 11 is 0. The average Bonchev–Trinajstić information content (AvgIpc) is 2.20. The summed E-state index contributed by atoms with van der Waals surface area (Å²) in [6.07, 6.45) is 5.54. The standard InChI is InChI=1S/C8H17N3O2.Na/c1-2-10(11(13)9-12)8-6-4-3-5-7-8;/h8,12H,2-7H2,1H3;/q;+1/p-1. The van der Waals surface area contributed by atoms with Crippen LogP contribution in [0.15, 0.2) is 5.28 Å². The van der Waals surface area contributed by atoms with Crippen LogP contribution in [0.5, 0.6) is 0 Å². The van der Waals surface area contributed by atoms with E-state index in [0.29, 0.717) is 6.54 Å². The van der Waals surface area contributed by atoms with Gasteiger partial charge in [-0.1, -0.05) is 19.3 Å². The van der Waals surface area contributed by atoms with Crippen LogP contribution in [-0.4, -0.2) is 22.6 Å². The Morgan fingerprint density at radius 2 is 1.93 bits per heavy atom. The molecule has 0 radical (unpaired) electrons. The zero-order valence-corrected chi connectivity index (χ0v) is 11.0. The van der Waals surface area contributed by atoms with E-state index in [2.05, 4.69) is 5.28 Å². The maximum absolute atomic E-state index is 11.0. The van der Waals surface area contributed by atoms with Gasteiger partial charge in [-0.3, -0.25) is 0 Å². The van der Waals surface area contributed by atoms with Crippen LogP contribution in [0.2, 0.25) is 0 Å². The number of hydrogen-bond acceptors (Lipinski definition) is 3. The van der Waals surface area contributed by atoms with Gasteiger partial charge in [0.25, 0.3) is 0 Å². The first kappa shape index (κ1) is 14.0. The van der Waals surface area contributed by atoms with Crippen molar-refractivity contribution in [3.05, 3.63) is 10.4 Å². The minimum atomic E-state index is 0. The van der Waals surface area contributed by atoms with Gasteiger partial charge in [0.1, 0.15) is 0 Å². The molecule has 0 heterocycles. The van der Waals surface area contributed by atoms with Crippen LogP contribution < -0.4 is 29.6 Å². The molecule has 0 aromatic rings. The minimum absolute atomic E-state index is 0. The molecule has 0 spiro atoms. The van der Waals surface area contributed by atoms with Gasteiger partial charge in [0.15, 0.2) is 0 Å². The SMILES string of the molecule is CCN(C1CCCCC1)[N+]([O-])=N[O-].[Na+]. The third-order valence-electron chi connectivity index (χ3n) is 2.61. The maximum atomic E-state index is 11.0.